The van der Waals surface area contributed by atoms with Gasteiger partial charge in [-0.25, -0.2) is 0 Å². The zero-order valence-corrected chi connectivity index (χ0v) is 15.3. The van der Waals surface area contributed by atoms with Crippen molar-refractivity contribution in [3.63, 3.8) is 0 Å². The molecule has 3 heterocycles. The summed E-state index contributed by atoms with van der Waals surface area (Å²) in [5.41, 5.74) is 3.69. The van der Waals surface area contributed by atoms with Gasteiger partial charge in [-0.05, 0) is 41.3 Å². The number of rotatable bonds is 3. The second kappa shape index (κ2) is 6.68. The Hall–Kier alpha value is -3.34. The minimum Gasteiger partial charge on any atom is -0.467 e. The van der Waals surface area contributed by atoms with E-state index in [9.17, 15) is 9.59 Å². The summed E-state index contributed by atoms with van der Waals surface area (Å²) in [6.07, 6.45) is 2.40. The summed E-state index contributed by atoms with van der Waals surface area (Å²) < 4.78 is 5.34. The standard InChI is InChI=1S/C23H20N2O3/c26-22(24-14-16-7-5-13-28-16)20-18-9-3-4-10-19(18)23(27)25-12-11-15-6-1-2-8-17(15)21(20)25/h1-10,13,20-21H,11-12,14H2,(H,24,26). The molecule has 28 heavy (non-hydrogen) atoms. The molecule has 2 aliphatic heterocycles. The van der Waals surface area contributed by atoms with E-state index in [1.165, 1.54) is 5.56 Å². The van der Waals surface area contributed by atoms with Crippen LogP contribution >= 0.6 is 0 Å². The first-order valence-corrected chi connectivity index (χ1v) is 9.52. The maximum Gasteiger partial charge on any atom is 0.254 e. The summed E-state index contributed by atoms with van der Waals surface area (Å²) in [7, 11) is 0. The van der Waals surface area contributed by atoms with Crippen molar-refractivity contribution < 1.29 is 14.0 Å². The van der Waals surface area contributed by atoms with Crippen molar-refractivity contribution in [1.82, 2.24) is 10.2 Å². The number of nitrogens with zero attached hydrogens (tertiary/aromatic N) is 1. The van der Waals surface area contributed by atoms with E-state index in [-0.39, 0.29) is 17.9 Å². The maximum atomic E-state index is 13.3. The smallest absolute Gasteiger partial charge is 0.254 e. The fraction of sp³-hybridized carbons (Fsp3) is 0.217. The molecule has 2 unspecified atom stereocenters. The highest BCUT2D eigenvalue weighted by atomic mass is 16.3. The Kier molecular flexibility index (Phi) is 4.01. The first-order valence-electron chi connectivity index (χ1n) is 9.52. The lowest BCUT2D eigenvalue weighted by Crippen LogP contribution is -2.50. The summed E-state index contributed by atoms with van der Waals surface area (Å²) in [5.74, 6) is 0.160. The van der Waals surface area contributed by atoms with E-state index in [2.05, 4.69) is 11.4 Å². The third-order valence-electron chi connectivity index (χ3n) is 5.73. The molecule has 2 atom stereocenters. The molecule has 5 rings (SSSR count). The molecule has 5 heteroatoms. The Bertz CT molecular complexity index is 1040. The highest BCUT2D eigenvalue weighted by Crippen LogP contribution is 2.45. The minimum absolute atomic E-state index is 0.00480. The van der Waals surface area contributed by atoms with Gasteiger partial charge < -0.3 is 14.6 Å². The van der Waals surface area contributed by atoms with Gasteiger partial charge in [-0.1, -0.05) is 42.5 Å². The Labute approximate surface area is 163 Å². The molecule has 5 nitrogen and oxygen atoms in total. The fourth-order valence-electron chi connectivity index (χ4n) is 4.46. The minimum atomic E-state index is -0.453. The van der Waals surface area contributed by atoms with Crippen molar-refractivity contribution in [3.8, 4) is 0 Å². The van der Waals surface area contributed by atoms with Gasteiger partial charge in [-0.2, -0.15) is 0 Å². The van der Waals surface area contributed by atoms with E-state index in [1.807, 2.05) is 53.4 Å². The van der Waals surface area contributed by atoms with Crippen LogP contribution < -0.4 is 5.32 Å². The number of carbonyl (C=O) groups is 2. The molecule has 1 N–H and O–H groups in total. The van der Waals surface area contributed by atoms with Crippen LogP contribution in [0.25, 0.3) is 0 Å². The fourth-order valence-corrected chi connectivity index (χ4v) is 4.46. The number of nitrogens with one attached hydrogen (secondary N) is 1. The van der Waals surface area contributed by atoms with Crippen LogP contribution in [0, 0.1) is 0 Å². The summed E-state index contributed by atoms with van der Waals surface area (Å²) >= 11 is 0. The molecule has 140 valence electrons. The van der Waals surface area contributed by atoms with Crippen molar-refractivity contribution in [2.45, 2.75) is 24.9 Å². The van der Waals surface area contributed by atoms with Gasteiger partial charge in [0.2, 0.25) is 5.91 Å². The van der Waals surface area contributed by atoms with Crippen LogP contribution in [-0.4, -0.2) is 23.3 Å². The lowest BCUT2D eigenvalue weighted by molar-refractivity contribution is -0.124. The molecule has 0 saturated carbocycles. The molecule has 3 aromatic rings. The lowest BCUT2D eigenvalue weighted by atomic mass is 9.76. The second-order valence-electron chi connectivity index (χ2n) is 7.25. The molecular weight excluding hydrogens is 352 g/mol. The van der Waals surface area contributed by atoms with E-state index in [0.29, 0.717) is 24.4 Å². The quantitative estimate of drug-likeness (QED) is 0.766. The van der Waals surface area contributed by atoms with E-state index in [0.717, 1.165) is 17.5 Å². The van der Waals surface area contributed by atoms with Gasteiger partial charge in [0.15, 0.2) is 0 Å². The van der Waals surface area contributed by atoms with Crippen LogP contribution in [-0.2, 0) is 17.8 Å². The zero-order valence-electron chi connectivity index (χ0n) is 15.3. The van der Waals surface area contributed by atoms with Crippen LogP contribution in [0.1, 0.15) is 44.8 Å². The molecule has 0 bridgehead atoms. The average molecular weight is 372 g/mol. The number of hydrogen-bond donors (Lipinski definition) is 1. The third kappa shape index (κ3) is 2.62. The molecule has 0 saturated heterocycles. The highest BCUT2D eigenvalue weighted by molar-refractivity contribution is 6.01. The normalized spacial score (nSPS) is 20.1. The van der Waals surface area contributed by atoms with E-state index >= 15 is 0 Å². The molecule has 2 amide bonds. The average Bonchev–Trinajstić information content (AvgIpc) is 3.26. The predicted octanol–water partition coefficient (Wildman–Crippen LogP) is 3.43. The zero-order chi connectivity index (χ0) is 19.1. The van der Waals surface area contributed by atoms with E-state index in [4.69, 9.17) is 4.42 Å². The van der Waals surface area contributed by atoms with E-state index in [1.54, 1.807) is 12.3 Å². The van der Waals surface area contributed by atoms with Gasteiger partial charge in [0.1, 0.15) is 5.76 Å². The van der Waals surface area contributed by atoms with Crippen molar-refractivity contribution >= 4 is 11.8 Å². The van der Waals surface area contributed by atoms with Crippen molar-refractivity contribution in [2.75, 3.05) is 6.54 Å². The number of benzene rings is 2. The molecule has 2 aromatic carbocycles. The number of amides is 2. The maximum absolute atomic E-state index is 13.3. The summed E-state index contributed by atoms with van der Waals surface area (Å²) in [5, 5.41) is 3.00. The van der Waals surface area contributed by atoms with Gasteiger partial charge in [-0.3, -0.25) is 9.59 Å². The van der Waals surface area contributed by atoms with Crippen molar-refractivity contribution in [3.05, 3.63) is 94.9 Å². The van der Waals surface area contributed by atoms with Gasteiger partial charge in [0.05, 0.1) is 24.8 Å². The van der Waals surface area contributed by atoms with Crippen molar-refractivity contribution in [1.29, 1.82) is 0 Å². The number of hydrogen-bond acceptors (Lipinski definition) is 3. The second-order valence-corrected chi connectivity index (χ2v) is 7.25. The monoisotopic (exact) mass is 372 g/mol. The van der Waals surface area contributed by atoms with E-state index < -0.39 is 5.92 Å². The van der Waals surface area contributed by atoms with Crippen LogP contribution in [0.5, 0.6) is 0 Å². The van der Waals surface area contributed by atoms with Crippen LogP contribution in [0.15, 0.2) is 71.3 Å². The Balaban J connectivity index is 1.58. The van der Waals surface area contributed by atoms with Gasteiger partial charge >= 0.3 is 0 Å². The number of carbonyl (C=O) groups excluding carboxylic acids is 2. The predicted molar refractivity (Wildman–Crippen MR) is 104 cm³/mol. The topological polar surface area (TPSA) is 62.6 Å². The summed E-state index contributed by atoms with van der Waals surface area (Å²) in [6.45, 7) is 0.948. The summed E-state index contributed by atoms with van der Waals surface area (Å²) in [4.78, 5) is 28.4. The molecular formula is C23H20N2O3. The lowest BCUT2D eigenvalue weighted by Gasteiger charge is -2.45. The van der Waals surface area contributed by atoms with Crippen molar-refractivity contribution in [2.24, 2.45) is 0 Å². The summed E-state index contributed by atoms with van der Waals surface area (Å²) in [6, 6.07) is 18.9. The van der Waals surface area contributed by atoms with Crippen LogP contribution in [0.2, 0.25) is 0 Å². The van der Waals surface area contributed by atoms with Gasteiger partial charge in [-0.15, -0.1) is 0 Å². The SMILES string of the molecule is O=C(NCc1ccco1)C1c2ccccc2C(=O)N2CCc3ccccc3C12. The number of furan rings is 1. The van der Waals surface area contributed by atoms with Gasteiger partial charge in [0.25, 0.3) is 5.91 Å². The van der Waals surface area contributed by atoms with Gasteiger partial charge in [0, 0.05) is 12.1 Å². The Morgan fingerprint density at radius 3 is 2.64 bits per heavy atom. The number of fused-ring (bicyclic) bond motifs is 4. The molecule has 0 radical (unpaired) electrons. The third-order valence-corrected chi connectivity index (χ3v) is 5.73. The Morgan fingerprint density at radius 2 is 1.82 bits per heavy atom. The highest BCUT2D eigenvalue weighted by Gasteiger charge is 2.46. The molecule has 0 aliphatic carbocycles. The molecule has 0 fully saturated rings. The first-order chi connectivity index (χ1) is 13.7. The van der Waals surface area contributed by atoms with Crippen LogP contribution in [0.4, 0.5) is 0 Å². The molecule has 2 aliphatic rings. The first kappa shape index (κ1) is 16.8. The van der Waals surface area contributed by atoms with Crippen LogP contribution in [0.3, 0.4) is 0 Å². The Morgan fingerprint density at radius 1 is 1.04 bits per heavy atom. The molecule has 1 aromatic heterocycles. The largest absolute Gasteiger partial charge is 0.467 e. The molecule has 0 spiro atoms.